The molecule has 1 aromatic carbocycles. The molecular formula is C14H15NO. The van der Waals surface area contributed by atoms with Crippen molar-refractivity contribution in [2.75, 3.05) is 0 Å². The number of allylic oxidation sites excluding steroid dienone is 1. The molecule has 82 valence electrons. The third-order valence-corrected chi connectivity index (χ3v) is 3.60. The van der Waals surface area contributed by atoms with Crippen LogP contribution >= 0.6 is 0 Å². The molecule has 0 spiro atoms. The average Bonchev–Trinajstić information content (AvgIpc) is 2.56. The Morgan fingerprint density at radius 3 is 3.00 bits per heavy atom. The van der Waals surface area contributed by atoms with Crippen LogP contribution in [0.3, 0.4) is 0 Å². The van der Waals surface area contributed by atoms with Gasteiger partial charge in [-0.15, -0.1) is 0 Å². The highest BCUT2D eigenvalue weighted by molar-refractivity contribution is 5.81. The summed E-state index contributed by atoms with van der Waals surface area (Å²) in [5.41, 5.74) is 3.87. The van der Waals surface area contributed by atoms with E-state index in [0.29, 0.717) is 18.4 Å². The van der Waals surface area contributed by atoms with E-state index < -0.39 is 0 Å². The molecule has 3 rings (SSSR count). The van der Waals surface area contributed by atoms with Gasteiger partial charge in [-0.25, -0.2) is 0 Å². The topological polar surface area (TPSA) is 20.3 Å². The Kier molecular flexibility index (Phi) is 2.10. The summed E-state index contributed by atoms with van der Waals surface area (Å²) < 4.78 is 0. The van der Waals surface area contributed by atoms with Crippen molar-refractivity contribution >= 4 is 11.5 Å². The minimum atomic E-state index is 0.297. The SMILES string of the molecule is CC1=CC2CCC(=O)N2Cc2ccccc21. The van der Waals surface area contributed by atoms with Crippen LogP contribution in [0.1, 0.15) is 30.9 Å². The van der Waals surface area contributed by atoms with Gasteiger partial charge in [0.25, 0.3) is 0 Å². The third kappa shape index (κ3) is 1.37. The first kappa shape index (κ1) is 9.64. The fraction of sp³-hybridized carbons (Fsp3) is 0.357. The van der Waals surface area contributed by atoms with Crippen molar-refractivity contribution in [1.82, 2.24) is 4.90 Å². The monoisotopic (exact) mass is 213 g/mol. The molecule has 2 heteroatoms. The van der Waals surface area contributed by atoms with Crippen molar-refractivity contribution < 1.29 is 4.79 Å². The van der Waals surface area contributed by atoms with E-state index in [1.165, 1.54) is 16.7 Å². The van der Waals surface area contributed by atoms with Crippen LogP contribution in [0.5, 0.6) is 0 Å². The molecule has 1 saturated heterocycles. The molecule has 1 unspecified atom stereocenters. The van der Waals surface area contributed by atoms with Crippen LogP contribution in [0.15, 0.2) is 30.3 Å². The van der Waals surface area contributed by atoms with E-state index in [9.17, 15) is 4.79 Å². The van der Waals surface area contributed by atoms with Crippen molar-refractivity contribution in [3.05, 3.63) is 41.5 Å². The predicted octanol–water partition coefficient (Wildman–Crippen LogP) is 2.59. The largest absolute Gasteiger partial charge is 0.332 e. The number of benzene rings is 1. The fourth-order valence-corrected chi connectivity index (χ4v) is 2.74. The fourth-order valence-electron chi connectivity index (χ4n) is 2.74. The molecule has 2 aliphatic heterocycles. The van der Waals surface area contributed by atoms with Crippen LogP contribution in [0.4, 0.5) is 0 Å². The van der Waals surface area contributed by atoms with Gasteiger partial charge in [0.05, 0.1) is 6.04 Å². The molecule has 16 heavy (non-hydrogen) atoms. The summed E-state index contributed by atoms with van der Waals surface area (Å²) in [7, 11) is 0. The summed E-state index contributed by atoms with van der Waals surface area (Å²) in [5, 5.41) is 0. The maximum Gasteiger partial charge on any atom is 0.223 e. The molecule has 1 amide bonds. The number of nitrogens with zero attached hydrogens (tertiary/aromatic N) is 1. The summed E-state index contributed by atoms with van der Waals surface area (Å²) in [5.74, 6) is 0.297. The van der Waals surface area contributed by atoms with Gasteiger partial charge in [0, 0.05) is 13.0 Å². The molecule has 0 N–H and O–H groups in total. The first-order valence-corrected chi connectivity index (χ1v) is 5.82. The van der Waals surface area contributed by atoms with Gasteiger partial charge in [-0.3, -0.25) is 4.79 Å². The lowest BCUT2D eigenvalue weighted by molar-refractivity contribution is -0.128. The van der Waals surface area contributed by atoms with Crippen molar-refractivity contribution in [3.8, 4) is 0 Å². The van der Waals surface area contributed by atoms with Gasteiger partial charge in [-0.1, -0.05) is 30.3 Å². The molecule has 2 heterocycles. The summed E-state index contributed by atoms with van der Waals surface area (Å²) in [6.07, 6.45) is 3.93. The number of hydrogen-bond donors (Lipinski definition) is 0. The quantitative estimate of drug-likeness (QED) is 0.648. The second-order valence-corrected chi connectivity index (χ2v) is 4.63. The third-order valence-electron chi connectivity index (χ3n) is 3.60. The molecule has 1 atom stereocenters. The van der Waals surface area contributed by atoms with Crippen LogP contribution in [0, 0.1) is 0 Å². The zero-order valence-electron chi connectivity index (χ0n) is 9.44. The Labute approximate surface area is 95.6 Å². The maximum absolute atomic E-state index is 11.8. The first-order valence-electron chi connectivity index (χ1n) is 5.82. The van der Waals surface area contributed by atoms with Crippen LogP contribution in [-0.2, 0) is 11.3 Å². The van der Waals surface area contributed by atoms with E-state index in [4.69, 9.17) is 0 Å². The molecule has 0 radical (unpaired) electrons. The molecule has 0 saturated carbocycles. The van der Waals surface area contributed by atoms with Gasteiger partial charge in [0.2, 0.25) is 5.91 Å². The van der Waals surface area contributed by atoms with Crippen LogP contribution in [0.25, 0.3) is 5.57 Å². The van der Waals surface area contributed by atoms with E-state index in [1.54, 1.807) is 0 Å². The summed E-state index contributed by atoms with van der Waals surface area (Å²) in [6.45, 7) is 2.92. The zero-order chi connectivity index (χ0) is 11.1. The highest BCUT2D eigenvalue weighted by Crippen LogP contribution is 2.31. The van der Waals surface area contributed by atoms with Gasteiger partial charge in [0.15, 0.2) is 0 Å². The average molecular weight is 213 g/mol. The number of amides is 1. The maximum atomic E-state index is 11.8. The Morgan fingerprint density at radius 1 is 1.31 bits per heavy atom. The lowest BCUT2D eigenvalue weighted by atomic mass is 10.0. The minimum absolute atomic E-state index is 0.297. The van der Waals surface area contributed by atoms with E-state index in [1.807, 2.05) is 11.0 Å². The Hall–Kier alpha value is -1.57. The smallest absolute Gasteiger partial charge is 0.223 e. The molecule has 0 aromatic heterocycles. The van der Waals surface area contributed by atoms with Crippen molar-refractivity contribution in [3.63, 3.8) is 0 Å². The van der Waals surface area contributed by atoms with Gasteiger partial charge in [0.1, 0.15) is 0 Å². The Bertz CT molecular complexity index is 475. The number of carbonyl (C=O) groups is 1. The van der Waals surface area contributed by atoms with Crippen LogP contribution in [-0.4, -0.2) is 16.8 Å². The lowest BCUT2D eigenvalue weighted by Gasteiger charge is -2.20. The predicted molar refractivity (Wildman–Crippen MR) is 63.7 cm³/mol. The van der Waals surface area contributed by atoms with Crippen LogP contribution < -0.4 is 0 Å². The standard InChI is InChI=1S/C14H15NO/c1-10-8-12-6-7-14(16)15(12)9-11-4-2-3-5-13(10)11/h2-5,8,12H,6-7,9H2,1H3. The number of fused-ring (bicyclic) bond motifs is 2. The number of carbonyl (C=O) groups excluding carboxylic acids is 1. The lowest BCUT2D eigenvalue weighted by Crippen LogP contribution is -2.30. The van der Waals surface area contributed by atoms with Crippen molar-refractivity contribution in [2.24, 2.45) is 0 Å². The normalized spacial score (nSPS) is 23.6. The van der Waals surface area contributed by atoms with Crippen molar-refractivity contribution in [2.45, 2.75) is 32.4 Å². The second kappa shape index (κ2) is 3.48. The second-order valence-electron chi connectivity index (χ2n) is 4.63. The highest BCUT2D eigenvalue weighted by atomic mass is 16.2. The van der Waals surface area contributed by atoms with Gasteiger partial charge < -0.3 is 4.90 Å². The summed E-state index contributed by atoms with van der Waals surface area (Å²) >= 11 is 0. The number of rotatable bonds is 0. The minimum Gasteiger partial charge on any atom is -0.332 e. The van der Waals surface area contributed by atoms with Gasteiger partial charge >= 0.3 is 0 Å². The summed E-state index contributed by atoms with van der Waals surface area (Å²) in [4.78, 5) is 13.8. The van der Waals surface area contributed by atoms with Crippen molar-refractivity contribution in [1.29, 1.82) is 0 Å². The molecule has 1 aromatic rings. The molecular weight excluding hydrogens is 198 g/mol. The summed E-state index contributed by atoms with van der Waals surface area (Å²) in [6, 6.07) is 8.70. The Morgan fingerprint density at radius 2 is 2.12 bits per heavy atom. The van der Waals surface area contributed by atoms with E-state index >= 15 is 0 Å². The van der Waals surface area contributed by atoms with E-state index in [-0.39, 0.29) is 0 Å². The van der Waals surface area contributed by atoms with E-state index in [0.717, 1.165) is 13.0 Å². The highest BCUT2D eigenvalue weighted by Gasteiger charge is 2.31. The molecule has 1 fully saturated rings. The Balaban J connectivity index is 2.10. The molecule has 0 aliphatic carbocycles. The molecule has 2 aliphatic rings. The van der Waals surface area contributed by atoms with Gasteiger partial charge in [-0.05, 0) is 30.0 Å². The first-order chi connectivity index (χ1) is 7.75. The van der Waals surface area contributed by atoms with Gasteiger partial charge in [-0.2, -0.15) is 0 Å². The molecule has 0 bridgehead atoms. The number of hydrogen-bond acceptors (Lipinski definition) is 1. The molecule has 2 nitrogen and oxygen atoms in total. The van der Waals surface area contributed by atoms with Crippen LogP contribution in [0.2, 0.25) is 0 Å². The zero-order valence-corrected chi connectivity index (χ0v) is 9.44. The van der Waals surface area contributed by atoms with E-state index in [2.05, 4.69) is 31.2 Å².